The van der Waals surface area contributed by atoms with Gasteiger partial charge in [0.05, 0.1) is 12.1 Å². The van der Waals surface area contributed by atoms with E-state index in [1.54, 1.807) is 29.0 Å². The number of hydrogen-bond donors (Lipinski definition) is 1. The lowest BCUT2D eigenvalue weighted by Gasteiger charge is -2.08. The van der Waals surface area contributed by atoms with Gasteiger partial charge in [-0.05, 0) is 36.4 Å². The molecule has 0 aliphatic rings. The first kappa shape index (κ1) is 13.3. The van der Waals surface area contributed by atoms with Crippen molar-refractivity contribution in [3.05, 3.63) is 71.4 Å². The fourth-order valence-electron chi connectivity index (χ4n) is 2.36. The van der Waals surface area contributed by atoms with Crippen LogP contribution in [0.25, 0.3) is 10.9 Å². The van der Waals surface area contributed by atoms with Crippen LogP contribution >= 0.6 is 0 Å². The minimum atomic E-state index is -0.611. The van der Waals surface area contributed by atoms with Gasteiger partial charge in [0.25, 0.3) is 0 Å². The molecule has 0 saturated carbocycles. The van der Waals surface area contributed by atoms with E-state index in [1.165, 1.54) is 24.3 Å². The summed E-state index contributed by atoms with van der Waals surface area (Å²) < 4.78 is 29.2. The Morgan fingerprint density at radius 2 is 1.90 bits per heavy atom. The Hall–Kier alpha value is -2.69. The van der Waals surface area contributed by atoms with Crippen LogP contribution in [0.4, 0.5) is 8.78 Å². The van der Waals surface area contributed by atoms with Crippen molar-refractivity contribution in [2.75, 3.05) is 0 Å². The lowest BCUT2D eigenvalue weighted by molar-refractivity contribution is 0.1000. The highest BCUT2D eigenvalue weighted by Gasteiger charge is 2.10. The van der Waals surface area contributed by atoms with E-state index in [9.17, 15) is 13.6 Å². The highest BCUT2D eigenvalue weighted by atomic mass is 19.1. The normalized spacial score (nSPS) is 11.0. The summed E-state index contributed by atoms with van der Waals surface area (Å²) in [7, 11) is 0. The molecule has 3 nitrogen and oxygen atoms in total. The maximum absolute atomic E-state index is 13.9. The summed E-state index contributed by atoms with van der Waals surface area (Å²) in [4.78, 5) is 11.2. The molecule has 0 aliphatic carbocycles. The second kappa shape index (κ2) is 5.01. The Labute approximate surface area is 119 Å². The van der Waals surface area contributed by atoms with Gasteiger partial charge < -0.3 is 10.3 Å². The Balaban J connectivity index is 2.04. The summed E-state index contributed by atoms with van der Waals surface area (Å²) in [5.41, 5.74) is 6.44. The number of carbonyl (C=O) groups is 1. The zero-order valence-corrected chi connectivity index (χ0v) is 11.0. The van der Waals surface area contributed by atoms with Gasteiger partial charge in [0.15, 0.2) is 0 Å². The van der Waals surface area contributed by atoms with E-state index in [0.717, 1.165) is 0 Å². The molecule has 21 heavy (non-hydrogen) atoms. The van der Waals surface area contributed by atoms with Gasteiger partial charge in [-0.15, -0.1) is 0 Å². The van der Waals surface area contributed by atoms with E-state index in [1.807, 2.05) is 0 Å². The van der Waals surface area contributed by atoms with Gasteiger partial charge in [-0.2, -0.15) is 0 Å². The fourth-order valence-corrected chi connectivity index (χ4v) is 2.36. The maximum atomic E-state index is 13.9. The number of fused-ring (bicyclic) bond motifs is 1. The van der Waals surface area contributed by atoms with Gasteiger partial charge in [0.2, 0.25) is 5.91 Å². The number of primary amides is 1. The van der Waals surface area contributed by atoms with Gasteiger partial charge in [0.1, 0.15) is 11.6 Å². The first-order chi connectivity index (χ1) is 10.1. The molecule has 3 rings (SSSR count). The van der Waals surface area contributed by atoms with Gasteiger partial charge in [-0.3, -0.25) is 4.79 Å². The van der Waals surface area contributed by atoms with Gasteiger partial charge in [0, 0.05) is 22.7 Å². The van der Waals surface area contributed by atoms with Crippen LogP contribution < -0.4 is 5.73 Å². The van der Waals surface area contributed by atoms with E-state index in [0.29, 0.717) is 16.5 Å². The first-order valence-electron chi connectivity index (χ1n) is 6.38. The SMILES string of the molecule is NC(=O)c1ccc(F)c(Cn2ccc3c(F)cccc32)c1. The van der Waals surface area contributed by atoms with Crippen LogP contribution in [0.5, 0.6) is 0 Å². The third kappa shape index (κ3) is 2.38. The van der Waals surface area contributed by atoms with E-state index in [-0.39, 0.29) is 17.9 Å². The van der Waals surface area contributed by atoms with Crippen molar-refractivity contribution in [3.8, 4) is 0 Å². The molecule has 2 aromatic carbocycles. The molecule has 0 fully saturated rings. The summed E-state index contributed by atoms with van der Waals surface area (Å²) in [5, 5.41) is 0.476. The summed E-state index contributed by atoms with van der Waals surface area (Å²) in [6.45, 7) is 0.194. The summed E-state index contributed by atoms with van der Waals surface area (Å²) in [6, 6.07) is 10.3. The monoisotopic (exact) mass is 286 g/mol. The van der Waals surface area contributed by atoms with Crippen molar-refractivity contribution in [2.45, 2.75) is 6.54 Å². The number of nitrogens with two attached hydrogens (primary N) is 1. The first-order valence-corrected chi connectivity index (χ1v) is 6.38. The van der Waals surface area contributed by atoms with Crippen molar-refractivity contribution in [2.24, 2.45) is 5.73 Å². The summed E-state index contributed by atoms with van der Waals surface area (Å²) in [6.07, 6.45) is 1.68. The molecule has 0 unspecified atom stereocenters. The second-order valence-electron chi connectivity index (χ2n) is 4.79. The van der Waals surface area contributed by atoms with Crippen molar-refractivity contribution >= 4 is 16.8 Å². The maximum Gasteiger partial charge on any atom is 0.248 e. The molecule has 5 heteroatoms. The molecular formula is C16H12F2N2O. The third-order valence-corrected chi connectivity index (χ3v) is 3.43. The lowest BCUT2D eigenvalue weighted by Crippen LogP contribution is -2.12. The highest BCUT2D eigenvalue weighted by molar-refractivity contribution is 5.92. The third-order valence-electron chi connectivity index (χ3n) is 3.43. The van der Waals surface area contributed by atoms with Crippen molar-refractivity contribution in [3.63, 3.8) is 0 Å². The molecular weight excluding hydrogens is 274 g/mol. The van der Waals surface area contributed by atoms with Gasteiger partial charge in [-0.25, -0.2) is 8.78 Å². The van der Waals surface area contributed by atoms with E-state index < -0.39 is 11.7 Å². The molecule has 106 valence electrons. The van der Waals surface area contributed by atoms with E-state index in [2.05, 4.69) is 0 Å². The molecule has 0 radical (unpaired) electrons. The minimum absolute atomic E-state index is 0.194. The van der Waals surface area contributed by atoms with Crippen molar-refractivity contribution in [1.82, 2.24) is 4.57 Å². The number of nitrogens with zero attached hydrogens (tertiary/aromatic N) is 1. The van der Waals surface area contributed by atoms with E-state index >= 15 is 0 Å². The molecule has 0 bridgehead atoms. The number of benzene rings is 2. The molecule has 1 aromatic heterocycles. The Morgan fingerprint density at radius 3 is 2.67 bits per heavy atom. The zero-order chi connectivity index (χ0) is 15.0. The fraction of sp³-hybridized carbons (Fsp3) is 0.0625. The summed E-state index contributed by atoms with van der Waals surface area (Å²) in [5.74, 6) is -1.37. The number of halogens is 2. The molecule has 3 aromatic rings. The summed E-state index contributed by atoms with van der Waals surface area (Å²) >= 11 is 0. The topological polar surface area (TPSA) is 48.0 Å². The standard InChI is InChI=1S/C16H12F2N2O/c17-13-5-4-10(16(19)21)8-11(13)9-20-7-6-12-14(18)2-1-3-15(12)20/h1-8H,9H2,(H2,19,21). The molecule has 0 aliphatic heterocycles. The highest BCUT2D eigenvalue weighted by Crippen LogP contribution is 2.21. The molecule has 0 atom stereocenters. The van der Waals surface area contributed by atoms with Crippen LogP contribution in [-0.4, -0.2) is 10.5 Å². The average molecular weight is 286 g/mol. The van der Waals surface area contributed by atoms with Crippen LogP contribution in [0.3, 0.4) is 0 Å². The molecule has 1 heterocycles. The van der Waals surface area contributed by atoms with Crippen LogP contribution in [0.1, 0.15) is 15.9 Å². The smallest absolute Gasteiger partial charge is 0.248 e. The van der Waals surface area contributed by atoms with Crippen LogP contribution in [0.15, 0.2) is 48.7 Å². The van der Waals surface area contributed by atoms with E-state index in [4.69, 9.17) is 5.73 Å². The van der Waals surface area contributed by atoms with Crippen molar-refractivity contribution in [1.29, 1.82) is 0 Å². The quantitative estimate of drug-likeness (QED) is 0.790. The zero-order valence-electron chi connectivity index (χ0n) is 11.0. The predicted octanol–water partition coefficient (Wildman–Crippen LogP) is 3.07. The Bertz CT molecular complexity index is 839. The molecule has 0 spiro atoms. The average Bonchev–Trinajstić information content (AvgIpc) is 2.86. The number of aromatic nitrogens is 1. The lowest BCUT2D eigenvalue weighted by atomic mass is 10.1. The predicted molar refractivity (Wildman–Crippen MR) is 75.9 cm³/mol. The second-order valence-corrected chi connectivity index (χ2v) is 4.79. The Kier molecular flexibility index (Phi) is 3.17. The number of rotatable bonds is 3. The van der Waals surface area contributed by atoms with Gasteiger partial charge in [-0.1, -0.05) is 6.07 Å². The van der Waals surface area contributed by atoms with Crippen LogP contribution in [-0.2, 0) is 6.54 Å². The largest absolute Gasteiger partial charge is 0.366 e. The number of amides is 1. The number of carbonyl (C=O) groups excluding carboxylic acids is 1. The Morgan fingerprint density at radius 1 is 1.10 bits per heavy atom. The molecule has 0 saturated heterocycles. The number of hydrogen-bond acceptors (Lipinski definition) is 1. The van der Waals surface area contributed by atoms with Crippen LogP contribution in [0, 0.1) is 11.6 Å². The van der Waals surface area contributed by atoms with Crippen molar-refractivity contribution < 1.29 is 13.6 Å². The van der Waals surface area contributed by atoms with Gasteiger partial charge >= 0.3 is 0 Å². The van der Waals surface area contributed by atoms with Crippen LogP contribution in [0.2, 0.25) is 0 Å². The minimum Gasteiger partial charge on any atom is -0.366 e. The molecule has 1 amide bonds. The molecule has 2 N–H and O–H groups in total.